The van der Waals surface area contributed by atoms with Gasteiger partial charge in [0.2, 0.25) is 5.91 Å². The lowest BCUT2D eigenvalue weighted by Gasteiger charge is -2.19. The fourth-order valence-electron chi connectivity index (χ4n) is 2.54. The van der Waals surface area contributed by atoms with Crippen molar-refractivity contribution in [1.29, 1.82) is 0 Å². The van der Waals surface area contributed by atoms with Gasteiger partial charge >= 0.3 is 12.4 Å². The van der Waals surface area contributed by atoms with Crippen LogP contribution in [0, 0.1) is 0 Å². The van der Waals surface area contributed by atoms with Gasteiger partial charge < -0.3 is 16.2 Å². The Morgan fingerprint density at radius 2 is 1.30 bits per heavy atom. The van der Waals surface area contributed by atoms with E-state index in [2.05, 4.69) is 5.32 Å². The molecule has 0 spiro atoms. The number of benzene rings is 2. The van der Waals surface area contributed by atoms with E-state index in [4.69, 9.17) is 5.73 Å². The standard InChI is InChI=1S/C19H16F6N2O3/c20-18(21,22)12-5-1-10(2-6-12)9-14(16(26)29)27-17(30)15(28)11-3-7-13(8-4-11)19(23,24)25/h1-8,14-15,28H,9H2,(H2,26,29)(H,27,30)/t14-,15+/m1/s1. The normalized spacial score (nSPS) is 14.1. The van der Waals surface area contributed by atoms with Crippen molar-refractivity contribution in [3.8, 4) is 0 Å². The summed E-state index contributed by atoms with van der Waals surface area (Å²) in [6.07, 6.45) is -11.3. The molecule has 2 aromatic rings. The Kier molecular flexibility index (Phi) is 6.76. The smallest absolute Gasteiger partial charge is 0.378 e. The molecule has 30 heavy (non-hydrogen) atoms. The topological polar surface area (TPSA) is 92.4 Å². The van der Waals surface area contributed by atoms with Crippen LogP contribution in [0.25, 0.3) is 0 Å². The van der Waals surface area contributed by atoms with Crippen molar-refractivity contribution in [1.82, 2.24) is 5.32 Å². The van der Waals surface area contributed by atoms with Gasteiger partial charge in [-0.2, -0.15) is 26.3 Å². The minimum Gasteiger partial charge on any atom is -0.378 e. The zero-order valence-electron chi connectivity index (χ0n) is 15.1. The fraction of sp³-hybridized carbons (Fsp3) is 0.263. The third-order valence-electron chi connectivity index (χ3n) is 4.18. The van der Waals surface area contributed by atoms with E-state index in [0.29, 0.717) is 12.1 Å². The summed E-state index contributed by atoms with van der Waals surface area (Å²) in [5.41, 5.74) is 3.43. The average Bonchev–Trinajstić information content (AvgIpc) is 2.65. The summed E-state index contributed by atoms with van der Waals surface area (Å²) in [5, 5.41) is 12.2. The van der Waals surface area contributed by atoms with Gasteiger partial charge in [0.25, 0.3) is 5.91 Å². The second kappa shape index (κ2) is 8.74. The largest absolute Gasteiger partial charge is 0.416 e. The van der Waals surface area contributed by atoms with Crippen molar-refractivity contribution in [3.05, 3.63) is 70.8 Å². The van der Waals surface area contributed by atoms with Crippen molar-refractivity contribution in [2.75, 3.05) is 0 Å². The van der Waals surface area contributed by atoms with Crippen molar-refractivity contribution in [3.63, 3.8) is 0 Å². The maximum Gasteiger partial charge on any atom is 0.416 e. The highest BCUT2D eigenvalue weighted by atomic mass is 19.4. The first-order valence-electron chi connectivity index (χ1n) is 8.40. The Morgan fingerprint density at radius 3 is 1.70 bits per heavy atom. The molecule has 0 aliphatic rings. The Balaban J connectivity index is 2.08. The Labute approximate surface area is 166 Å². The van der Waals surface area contributed by atoms with Crippen LogP contribution in [0.15, 0.2) is 48.5 Å². The zero-order chi connectivity index (χ0) is 22.7. The number of nitrogens with two attached hydrogens (primary N) is 1. The maximum absolute atomic E-state index is 12.6. The number of primary amides is 1. The monoisotopic (exact) mass is 434 g/mol. The molecule has 0 aromatic heterocycles. The van der Waals surface area contributed by atoms with Gasteiger partial charge in [-0.1, -0.05) is 24.3 Å². The number of carbonyl (C=O) groups is 2. The predicted octanol–water partition coefficient (Wildman–Crippen LogP) is 2.97. The Morgan fingerprint density at radius 1 is 0.867 bits per heavy atom. The molecular weight excluding hydrogens is 418 g/mol. The van der Waals surface area contributed by atoms with Crippen molar-refractivity contribution in [2.45, 2.75) is 30.9 Å². The van der Waals surface area contributed by atoms with E-state index in [1.807, 2.05) is 0 Å². The lowest BCUT2D eigenvalue weighted by molar-refractivity contribution is -0.138. The molecule has 0 fully saturated rings. The van der Waals surface area contributed by atoms with Crippen molar-refractivity contribution in [2.24, 2.45) is 5.73 Å². The molecule has 5 nitrogen and oxygen atoms in total. The highest BCUT2D eigenvalue weighted by Crippen LogP contribution is 2.30. The van der Waals surface area contributed by atoms with E-state index >= 15 is 0 Å². The van der Waals surface area contributed by atoms with E-state index in [1.165, 1.54) is 0 Å². The van der Waals surface area contributed by atoms with E-state index in [1.54, 1.807) is 0 Å². The number of aliphatic hydroxyl groups excluding tert-OH is 1. The van der Waals surface area contributed by atoms with Gasteiger partial charge in [-0.05, 0) is 35.4 Å². The summed E-state index contributed by atoms with van der Waals surface area (Å²) >= 11 is 0. The minimum atomic E-state index is -4.59. The number of aliphatic hydroxyl groups is 1. The molecule has 4 N–H and O–H groups in total. The van der Waals surface area contributed by atoms with E-state index in [-0.39, 0.29) is 17.5 Å². The minimum absolute atomic E-state index is 0.154. The zero-order valence-corrected chi connectivity index (χ0v) is 15.1. The van der Waals surface area contributed by atoms with Crippen LogP contribution < -0.4 is 11.1 Å². The Bertz CT molecular complexity index is 892. The molecule has 162 valence electrons. The first-order valence-corrected chi connectivity index (χ1v) is 8.40. The average molecular weight is 434 g/mol. The molecule has 0 aliphatic carbocycles. The van der Waals surface area contributed by atoms with E-state index in [0.717, 1.165) is 36.4 Å². The van der Waals surface area contributed by atoms with Gasteiger partial charge in [0.05, 0.1) is 11.1 Å². The van der Waals surface area contributed by atoms with Crippen LogP contribution in [0.4, 0.5) is 26.3 Å². The lowest BCUT2D eigenvalue weighted by Crippen LogP contribution is -2.47. The summed E-state index contributed by atoms with van der Waals surface area (Å²) in [7, 11) is 0. The molecule has 2 aromatic carbocycles. The molecule has 0 bridgehead atoms. The number of hydrogen-bond acceptors (Lipinski definition) is 3. The summed E-state index contributed by atoms with van der Waals surface area (Å²) in [4.78, 5) is 23.8. The molecule has 2 amide bonds. The van der Waals surface area contributed by atoms with Gasteiger partial charge in [-0.25, -0.2) is 0 Å². The van der Waals surface area contributed by atoms with E-state index in [9.17, 15) is 41.0 Å². The molecule has 0 radical (unpaired) electrons. The molecule has 0 saturated carbocycles. The summed E-state index contributed by atoms with van der Waals surface area (Å²) in [5.74, 6) is -2.12. The summed E-state index contributed by atoms with van der Waals surface area (Å²) in [6, 6.07) is 5.62. The number of rotatable bonds is 6. The third kappa shape index (κ3) is 5.96. The SMILES string of the molecule is NC(=O)[C@@H](Cc1ccc(C(F)(F)F)cc1)NC(=O)[C@@H](O)c1ccc(C(F)(F)F)cc1. The molecular formula is C19H16F6N2O3. The van der Waals surface area contributed by atoms with Crippen LogP contribution in [0.3, 0.4) is 0 Å². The molecule has 2 atom stereocenters. The third-order valence-corrected chi connectivity index (χ3v) is 4.18. The number of carbonyl (C=O) groups excluding carboxylic acids is 2. The number of hydrogen-bond donors (Lipinski definition) is 3. The molecule has 2 rings (SSSR count). The van der Waals surface area contributed by atoms with Crippen LogP contribution in [-0.2, 0) is 28.4 Å². The second-order valence-corrected chi connectivity index (χ2v) is 6.38. The lowest BCUT2D eigenvalue weighted by atomic mass is 10.0. The number of halogens is 6. The summed E-state index contributed by atoms with van der Waals surface area (Å²) < 4.78 is 75.5. The maximum atomic E-state index is 12.6. The van der Waals surface area contributed by atoms with Crippen LogP contribution in [0.5, 0.6) is 0 Å². The van der Waals surface area contributed by atoms with Crippen molar-refractivity contribution < 1.29 is 41.0 Å². The quantitative estimate of drug-likeness (QED) is 0.611. The number of nitrogens with one attached hydrogen (secondary N) is 1. The van der Waals surface area contributed by atoms with Crippen LogP contribution in [-0.4, -0.2) is 23.0 Å². The molecule has 11 heteroatoms. The highest BCUT2D eigenvalue weighted by molar-refractivity contribution is 5.89. The number of amides is 2. The highest BCUT2D eigenvalue weighted by Gasteiger charge is 2.32. The van der Waals surface area contributed by atoms with E-state index < -0.39 is 47.4 Å². The van der Waals surface area contributed by atoms with Crippen LogP contribution >= 0.6 is 0 Å². The molecule has 0 heterocycles. The Hall–Kier alpha value is -3.08. The summed E-state index contributed by atoms with van der Waals surface area (Å²) in [6.45, 7) is 0. The first kappa shape index (κ1) is 23.2. The van der Waals surface area contributed by atoms with Gasteiger partial charge in [0, 0.05) is 6.42 Å². The molecule has 0 saturated heterocycles. The second-order valence-electron chi connectivity index (χ2n) is 6.38. The fourth-order valence-corrected chi connectivity index (χ4v) is 2.54. The van der Waals surface area contributed by atoms with Gasteiger partial charge in [0.1, 0.15) is 6.04 Å². The van der Waals surface area contributed by atoms with Gasteiger partial charge in [-0.15, -0.1) is 0 Å². The predicted molar refractivity (Wildman–Crippen MR) is 92.7 cm³/mol. The van der Waals surface area contributed by atoms with Gasteiger partial charge in [0.15, 0.2) is 6.10 Å². The van der Waals surface area contributed by atoms with Crippen LogP contribution in [0.2, 0.25) is 0 Å². The molecule has 0 aliphatic heterocycles. The van der Waals surface area contributed by atoms with Gasteiger partial charge in [-0.3, -0.25) is 9.59 Å². The molecule has 0 unspecified atom stereocenters. The number of alkyl halides is 6. The van der Waals surface area contributed by atoms with Crippen LogP contribution in [0.1, 0.15) is 28.4 Å². The van der Waals surface area contributed by atoms with Crippen molar-refractivity contribution >= 4 is 11.8 Å². The first-order chi connectivity index (χ1) is 13.8.